The molecule has 7 heteroatoms. The van der Waals surface area contributed by atoms with Crippen LogP contribution in [0.3, 0.4) is 0 Å². The lowest BCUT2D eigenvalue weighted by Crippen LogP contribution is -2.18. The summed E-state index contributed by atoms with van der Waals surface area (Å²) in [6, 6.07) is 15.9. The van der Waals surface area contributed by atoms with Crippen LogP contribution >= 0.6 is 0 Å². The minimum absolute atomic E-state index is 0.0118. The zero-order chi connectivity index (χ0) is 18.1. The fourth-order valence-corrected chi connectivity index (χ4v) is 2.71. The average Bonchev–Trinajstić information content (AvgIpc) is 2.98. The van der Waals surface area contributed by atoms with E-state index in [1.807, 2.05) is 30.3 Å². The number of ether oxygens (including phenoxy) is 1. The van der Waals surface area contributed by atoms with E-state index in [0.717, 1.165) is 0 Å². The Morgan fingerprint density at radius 2 is 1.73 bits per heavy atom. The molecule has 0 spiro atoms. The van der Waals surface area contributed by atoms with Crippen molar-refractivity contribution in [3.05, 3.63) is 92.8 Å². The first-order chi connectivity index (χ1) is 12.6. The molecule has 2 heterocycles. The molecule has 130 valence electrons. The number of rotatable bonds is 4. The van der Waals surface area contributed by atoms with Crippen LogP contribution in [0.1, 0.15) is 5.69 Å². The predicted octanol–water partition coefficient (Wildman–Crippen LogP) is 2.73. The van der Waals surface area contributed by atoms with Gasteiger partial charge in [0, 0.05) is 6.07 Å². The van der Waals surface area contributed by atoms with Crippen molar-refractivity contribution in [3.8, 4) is 11.4 Å². The zero-order valence-electron chi connectivity index (χ0n) is 13.5. The van der Waals surface area contributed by atoms with Gasteiger partial charge in [0.1, 0.15) is 29.2 Å². The summed E-state index contributed by atoms with van der Waals surface area (Å²) >= 11 is 0. The van der Waals surface area contributed by atoms with Gasteiger partial charge >= 0.3 is 0 Å². The lowest BCUT2D eigenvalue weighted by atomic mass is 10.3. The highest BCUT2D eigenvalue weighted by Gasteiger charge is 2.13. The Morgan fingerprint density at radius 3 is 2.46 bits per heavy atom. The van der Waals surface area contributed by atoms with Gasteiger partial charge in [-0.15, -0.1) is 0 Å². The molecule has 26 heavy (non-hydrogen) atoms. The molecule has 2 aromatic heterocycles. The number of para-hydroxylation sites is 1. The molecule has 0 aliphatic rings. The number of aromatic nitrogens is 3. The van der Waals surface area contributed by atoms with Crippen molar-refractivity contribution in [1.82, 2.24) is 14.8 Å². The fraction of sp³-hybridized carbons (Fsp3) is 0.0526. The Labute approximate surface area is 146 Å². The third kappa shape index (κ3) is 2.90. The quantitative estimate of drug-likeness (QED) is 0.593. The third-order valence-electron chi connectivity index (χ3n) is 3.95. The molecular weight excluding hydrogens is 337 g/mol. The summed E-state index contributed by atoms with van der Waals surface area (Å²) in [7, 11) is 0. The first kappa shape index (κ1) is 15.9. The lowest BCUT2D eigenvalue weighted by Gasteiger charge is -2.05. The maximum atomic E-state index is 13.1. The van der Waals surface area contributed by atoms with Gasteiger partial charge in [-0.25, -0.2) is 9.07 Å². The van der Waals surface area contributed by atoms with Crippen LogP contribution in [0.5, 0.6) is 5.75 Å². The van der Waals surface area contributed by atoms with Gasteiger partial charge in [0.05, 0.1) is 11.4 Å². The van der Waals surface area contributed by atoms with Crippen LogP contribution in [0.4, 0.5) is 4.39 Å². The molecule has 2 aromatic carbocycles. The second-order valence-electron chi connectivity index (χ2n) is 5.74. The molecule has 0 amide bonds. The number of halogens is 1. The number of hydrogen-bond acceptors (Lipinski definition) is 3. The Hall–Kier alpha value is -3.61. The summed E-state index contributed by atoms with van der Waals surface area (Å²) < 4.78 is 19.9. The van der Waals surface area contributed by atoms with Gasteiger partial charge in [-0.05, 0) is 36.4 Å². The summed E-state index contributed by atoms with van der Waals surface area (Å²) in [4.78, 5) is 27.9. The van der Waals surface area contributed by atoms with E-state index in [1.54, 1.807) is 0 Å². The molecule has 4 aromatic rings. The normalized spacial score (nSPS) is 11.0. The van der Waals surface area contributed by atoms with Gasteiger partial charge in [0.2, 0.25) is 0 Å². The molecule has 0 aliphatic heterocycles. The molecule has 6 nitrogen and oxygen atoms in total. The monoisotopic (exact) mass is 351 g/mol. The lowest BCUT2D eigenvalue weighted by molar-refractivity contribution is 0.301. The molecule has 0 radical (unpaired) electrons. The van der Waals surface area contributed by atoms with Crippen molar-refractivity contribution >= 4 is 11.0 Å². The standard InChI is InChI=1S/C19H14FN3O3/c20-12-6-8-14(9-7-12)23-19(25)17-16(24)10-13(21-18(17)22-23)11-26-15-4-2-1-3-5-15/h1-10H,11H2,(H2,21,22,24). The van der Waals surface area contributed by atoms with Crippen molar-refractivity contribution < 1.29 is 9.13 Å². The highest BCUT2D eigenvalue weighted by molar-refractivity contribution is 5.74. The number of fused-ring (bicyclic) bond motifs is 1. The summed E-state index contributed by atoms with van der Waals surface area (Å²) in [6.45, 7) is 0.152. The predicted molar refractivity (Wildman–Crippen MR) is 95.2 cm³/mol. The van der Waals surface area contributed by atoms with Crippen LogP contribution in [-0.2, 0) is 6.61 Å². The molecule has 0 saturated carbocycles. The third-order valence-corrected chi connectivity index (χ3v) is 3.95. The number of H-pyrrole nitrogens is 2. The van der Waals surface area contributed by atoms with Crippen molar-refractivity contribution in [2.45, 2.75) is 6.61 Å². The maximum Gasteiger partial charge on any atom is 0.284 e. The minimum Gasteiger partial charge on any atom is -0.487 e. The van der Waals surface area contributed by atoms with Crippen molar-refractivity contribution in [1.29, 1.82) is 0 Å². The number of nitrogens with zero attached hydrogens (tertiary/aromatic N) is 1. The van der Waals surface area contributed by atoms with Crippen molar-refractivity contribution in [3.63, 3.8) is 0 Å². The van der Waals surface area contributed by atoms with Crippen LogP contribution in [0.2, 0.25) is 0 Å². The van der Waals surface area contributed by atoms with Crippen LogP contribution in [0.25, 0.3) is 16.7 Å². The Kier molecular flexibility index (Phi) is 3.89. The number of pyridine rings is 1. The Balaban J connectivity index is 1.72. The number of aromatic amines is 2. The summed E-state index contributed by atoms with van der Waals surface area (Å²) in [5.41, 5.74) is 0.343. The van der Waals surface area contributed by atoms with E-state index in [2.05, 4.69) is 10.1 Å². The molecule has 0 aliphatic carbocycles. The van der Waals surface area contributed by atoms with Crippen molar-refractivity contribution in [2.75, 3.05) is 0 Å². The summed E-state index contributed by atoms with van der Waals surface area (Å²) in [5, 5.41) is 2.86. The van der Waals surface area contributed by atoms with Gasteiger partial charge in [-0.2, -0.15) is 0 Å². The first-order valence-corrected chi connectivity index (χ1v) is 7.92. The number of benzene rings is 2. The highest BCUT2D eigenvalue weighted by atomic mass is 19.1. The topological polar surface area (TPSA) is 79.9 Å². The first-order valence-electron chi connectivity index (χ1n) is 7.92. The second-order valence-corrected chi connectivity index (χ2v) is 5.74. The SMILES string of the molecule is O=c1cc(COc2ccccc2)[nH]c2[nH]n(-c3ccc(F)cc3)c(=O)c12. The van der Waals surface area contributed by atoms with E-state index < -0.39 is 16.8 Å². The van der Waals surface area contributed by atoms with Crippen LogP contribution < -0.4 is 15.7 Å². The molecule has 0 saturated heterocycles. The molecule has 0 bridgehead atoms. The van der Waals surface area contributed by atoms with Gasteiger partial charge in [-0.3, -0.25) is 14.7 Å². The highest BCUT2D eigenvalue weighted by Crippen LogP contribution is 2.12. The fourth-order valence-electron chi connectivity index (χ4n) is 2.71. The van der Waals surface area contributed by atoms with E-state index in [9.17, 15) is 14.0 Å². The molecule has 2 N–H and O–H groups in total. The van der Waals surface area contributed by atoms with Gasteiger partial charge in [0.15, 0.2) is 5.43 Å². The van der Waals surface area contributed by atoms with E-state index >= 15 is 0 Å². The maximum absolute atomic E-state index is 13.1. The minimum atomic E-state index is -0.497. The van der Waals surface area contributed by atoms with E-state index in [0.29, 0.717) is 22.8 Å². The molecule has 0 fully saturated rings. The largest absolute Gasteiger partial charge is 0.487 e. The smallest absolute Gasteiger partial charge is 0.284 e. The summed E-state index contributed by atoms with van der Waals surface area (Å²) in [6.07, 6.45) is 0. The van der Waals surface area contributed by atoms with E-state index in [1.165, 1.54) is 35.0 Å². The number of nitrogens with one attached hydrogen (secondary N) is 2. The molecular formula is C19H14FN3O3. The molecule has 4 rings (SSSR count). The molecule has 0 atom stereocenters. The van der Waals surface area contributed by atoms with E-state index in [4.69, 9.17) is 4.74 Å². The second kappa shape index (κ2) is 6.36. The zero-order valence-corrected chi connectivity index (χ0v) is 13.5. The Bertz CT molecular complexity index is 1170. The number of hydrogen-bond donors (Lipinski definition) is 2. The van der Waals surface area contributed by atoms with Crippen LogP contribution in [-0.4, -0.2) is 14.8 Å². The van der Waals surface area contributed by atoms with Gasteiger partial charge in [-0.1, -0.05) is 18.2 Å². The van der Waals surface area contributed by atoms with Crippen molar-refractivity contribution in [2.24, 2.45) is 0 Å². The van der Waals surface area contributed by atoms with Crippen LogP contribution in [0.15, 0.2) is 70.3 Å². The average molecular weight is 351 g/mol. The van der Waals surface area contributed by atoms with Gasteiger partial charge < -0.3 is 9.72 Å². The Morgan fingerprint density at radius 1 is 1.00 bits per heavy atom. The summed E-state index contributed by atoms with van der Waals surface area (Å²) in [5.74, 6) is 0.264. The van der Waals surface area contributed by atoms with Gasteiger partial charge in [0.25, 0.3) is 5.56 Å². The van der Waals surface area contributed by atoms with Crippen LogP contribution in [0, 0.1) is 5.82 Å². The van der Waals surface area contributed by atoms with E-state index in [-0.39, 0.29) is 12.0 Å². The molecule has 0 unspecified atom stereocenters.